The second kappa shape index (κ2) is 9.14. The van der Waals surface area contributed by atoms with Crippen LogP contribution in [0.5, 0.6) is 0 Å². The highest BCUT2D eigenvalue weighted by Gasteiger charge is 2.57. The average Bonchev–Trinajstić information content (AvgIpc) is 3.10. The molecular weight excluding hydrogens is 408 g/mol. The van der Waals surface area contributed by atoms with Crippen molar-refractivity contribution in [2.75, 3.05) is 20.8 Å². The van der Waals surface area contributed by atoms with Gasteiger partial charge in [-0.2, -0.15) is 0 Å². The van der Waals surface area contributed by atoms with Crippen LogP contribution in [0.4, 0.5) is 0 Å². The zero-order valence-electron chi connectivity index (χ0n) is 16.4. The maximum atomic E-state index is 12.3. The van der Waals surface area contributed by atoms with Crippen LogP contribution < -0.4 is 0 Å². The number of aliphatic hydroxyl groups is 5. The lowest BCUT2D eigenvalue weighted by atomic mass is 9.82. The molecule has 0 unspecified atom stereocenters. The van der Waals surface area contributed by atoms with Gasteiger partial charge in [-0.15, -0.1) is 0 Å². The van der Waals surface area contributed by atoms with Gasteiger partial charge < -0.3 is 49.2 Å². The fourth-order valence-corrected chi connectivity index (χ4v) is 4.30. The van der Waals surface area contributed by atoms with Gasteiger partial charge in [0.15, 0.2) is 6.29 Å². The first-order valence-electron chi connectivity index (χ1n) is 9.40. The number of carbonyl (C=O) groups is 2. The van der Waals surface area contributed by atoms with Gasteiger partial charge in [-0.1, -0.05) is 0 Å². The Bertz CT molecular complexity index is 678. The normalized spacial score (nSPS) is 43.2. The molecule has 3 aliphatic rings. The Morgan fingerprint density at radius 2 is 1.77 bits per heavy atom. The van der Waals surface area contributed by atoms with Crippen LogP contribution in [0.25, 0.3) is 0 Å². The predicted octanol–water partition coefficient (Wildman–Crippen LogP) is -3.00. The molecule has 12 nitrogen and oxygen atoms in total. The number of fused-ring (bicyclic) bond motifs is 1. The topological polar surface area (TPSA) is 181 Å². The Hall–Kier alpha value is -1.80. The molecule has 0 spiro atoms. The van der Waals surface area contributed by atoms with Crippen molar-refractivity contribution in [3.05, 3.63) is 11.8 Å². The number of carbonyl (C=O) groups excluding carboxylic acids is 2. The van der Waals surface area contributed by atoms with E-state index in [4.69, 9.17) is 23.7 Å². The Kier molecular flexibility index (Phi) is 6.97. The van der Waals surface area contributed by atoms with E-state index in [0.29, 0.717) is 0 Å². The zero-order chi connectivity index (χ0) is 22.2. The zero-order valence-corrected chi connectivity index (χ0v) is 16.4. The number of ether oxygens (including phenoxy) is 5. The molecule has 0 aromatic carbocycles. The minimum atomic E-state index is -1.70. The van der Waals surface area contributed by atoms with E-state index in [1.807, 2.05) is 0 Å². The molecule has 12 heteroatoms. The SMILES string of the molecule is COC(=O)C1=CO[C@@H](O[C@@H]2O[C@H](CO)[C@@H](O)[C@H](O)[C@H]2O)[C@@H]2[C@H]1[C@@H](O)C[C@@H]2C(=O)OC. The van der Waals surface area contributed by atoms with Crippen LogP contribution in [0.15, 0.2) is 11.8 Å². The molecule has 5 N–H and O–H groups in total. The second-order valence-corrected chi connectivity index (χ2v) is 7.44. The summed E-state index contributed by atoms with van der Waals surface area (Å²) in [6, 6.07) is 0. The van der Waals surface area contributed by atoms with Gasteiger partial charge in [0, 0.05) is 11.8 Å². The van der Waals surface area contributed by atoms with E-state index >= 15 is 0 Å². The third kappa shape index (κ3) is 3.91. The first kappa shape index (κ1) is 22.9. The molecule has 0 radical (unpaired) electrons. The molecule has 0 amide bonds. The average molecular weight is 434 g/mol. The van der Waals surface area contributed by atoms with E-state index in [1.54, 1.807) is 0 Å². The van der Waals surface area contributed by atoms with Gasteiger partial charge in [0.25, 0.3) is 0 Å². The lowest BCUT2D eigenvalue weighted by molar-refractivity contribution is -0.342. The predicted molar refractivity (Wildman–Crippen MR) is 92.9 cm³/mol. The highest BCUT2D eigenvalue weighted by molar-refractivity contribution is 5.89. The molecule has 2 fully saturated rings. The van der Waals surface area contributed by atoms with E-state index in [2.05, 4.69) is 0 Å². The van der Waals surface area contributed by atoms with Crippen LogP contribution in [-0.2, 0) is 33.3 Å². The number of rotatable bonds is 5. The summed E-state index contributed by atoms with van der Waals surface area (Å²) in [7, 11) is 2.34. The monoisotopic (exact) mass is 434 g/mol. The van der Waals surface area contributed by atoms with Crippen molar-refractivity contribution in [1.29, 1.82) is 0 Å². The Labute approximate surface area is 171 Å². The Morgan fingerprint density at radius 1 is 1.07 bits per heavy atom. The van der Waals surface area contributed by atoms with Gasteiger partial charge in [-0.25, -0.2) is 4.79 Å². The van der Waals surface area contributed by atoms with E-state index in [9.17, 15) is 35.1 Å². The van der Waals surface area contributed by atoms with Crippen molar-refractivity contribution >= 4 is 11.9 Å². The van der Waals surface area contributed by atoms with Gasteiger partial charge in [0.2, 0.25) is 6.29 Å². The van der Waals surface area contributed by atoms with E-state index in [-0.39, 0.29) is 12.0 Å². The van der Waals surface area contributed by atoms with E-state index in [1.165, 1.54) is 7.11 Å². The number of hydrogen-bond acceptors (Lipinski definition) is 12. The van der Waals surface area contributed by atoms with Crippen LogP contribution >= 0.6 is 0 Å². The summed E-state index contributed by atoms with van der Waals surface area (Å²) in [6.07, 6.45) is -9.06. The number of methoxy groups -OCH3 is 2. The highest BCUT2D eigenvalue weighted by Crippen LogP contribution is 2.48. The lowest BCUT2D eigenvalue weighted by Gasteiger charge is -2.43. The Balaban J connectivity index is 1.89. The molecular formula is C18H26O12. The van der Waals surface area contributed by atoms with E-state index < -0.39 is 79.4 Å². The van der Waals surface area contributed by atoms with Gasteiger partial charge >= 0.3 is 11.9 Å². The third-order valence-corrected chi connectivity index (χ3v) is 5.83. The molecule has 1 saturated carbocycles. The highest BCUT2D eigenvalue weighted by atomic mass is 16.8. The fourth-order valence-electron chi connectivity index (χ4n) is 4.30. The van der Waals surface area contributed by atoms with Crippen LogP contribution in [0.3, 0.4) is 0 Å². The maximum Gasteiger partial charge on any atom is 0.337 e. The minimum Gasteiger partial charge on any atom is -0.472 e. The first-order chi connectivity index (χ1) is 14.2. The summed E-state index contributed by atoms with van der Waals surface area (Å²) in [5, 5.41) is 49.9. The molecule has 10 atom stereocenters. The van der Waals surface area contributed by atoms with Crippen molar-refractivity contribution in [2.45, 2.75) is 49.5 Å². The maximum absolute atomic E-state index is 12.3. The third-order valence-electron chi connectivity index (χ3n) is 5.83. The standard InChI is InChI=1S/C18H26O12/c1-26-15(24)6-3-8(20)10-7(16(25)27-2)5-28-17(11(6)10)30-18-14(23)13(22)12(21)9(4-19)29-18/h5-6,8-14,17-23H,3-4H2,1-2H3/t6-,8-,9+,10+,11-,12+,13-,14+,17-,18-/m0/s1. The van der Waals surface area contributed by atoms with Gasteiger partial charge in [-0.3, -0.25) is 4.79 Å². The van der Waals surface area contributed by atoms with E-state index in [0.717, 1.165) is 13.4 Å². The van der Waals surface area contributed by atoms with Crippen LogP contribution in [-0.4, -0.2) is 101 Å². The van der Waals surface area contributed by atoms with Crippen molar-refractivity contribution < 1.29 is 58.8 Å². The molecule has 0 aromatic rings. The molecule has 3 rings (SSSR count). The van der Waals surface area contributed by atoms with Crippen molar-refractivity contribution in [3.8, 4) is 0 Å². The number of hydrogen-bond donors (Lipinski definition) is 5. The fraction of sp³-hybridized carbons (Fsp3) is 0.778. The van der Waals surface area contributed by atoms with Crippen molar-refractivity contribution in [2.24, 2.45) is 17.8 Å². The Morgan fingerprint density at radius 3 is 2.37 bits per heavy atom. The summed E-state index contributed by atoms with van der Waals surface area (Å²) in [6.45, 7) is -0.654. The first-order valence-corrected chi connectivity index (χ1v) is 9.40. The largest absolute Gasteiger partial charge is 0.472 e. The molecule has 0 aromatic heterocycles. The minimum absolute atomic E-state index is 0.00931. The van der Waals surface area contributed by atoms with Crippen LogP contribution in [0.1, 0.15) is 6.42 Å². The second-order valence-electron chi connectivity index (χ2n) is 7.44. The van der Waals surface area contributed by atoms with Crippen LogP contribution in [0.2, 0.25) is 0 Å². The number of aliphatic hydroxyl groups excluding tert-OH is 5. The summed E-state index contributed by atoms with van der Waals surface area (Å²) in [5.41, 5.74) is 0.00931. The molecule has 1 aliphatic carbocycles. The summed E-state index contributed by atoms with van der Waals surface area (Å²) >= 11 is 0. The molecule has 0 bridgehead atoms. The van der Waals surface area contributed by atoms with Crippen molar-refractivity contribution in [1.82, 2.24) is 0 Å². The summed E-state index contributed by atoms with van der Waals surface area (Å²) in [5.74, 6) is -4.10. The van der Waals surface area contributed by atoms with Crippen molar-refractivity contribution in [3.63, 3.8) is 0 Å². The molecule has 2 heterocycles. The quantitative estimate of drug-likeness (QED) is 0.277. The van der Waals surface area contributed by atoms with Gasteiger partial charge in [-0.05, 0) is 6.42 Å². The van der Waals surface area contributed by atoms with Gasteiger partial charge in [0.05, 0.1) is 44.7 Å². The molecule has 2 aliphatic heterocycles. The summed E-state index contributed by atoms with van der Waals surface area (Å²) in [4.78, 5) is 24.4. The van der Waals surface area contributed by atoms with Crippen LogP contribution in [0, 0.1) is 17.8 Å². The number of esters is 2. The molecule has 170 valence electrons. The summed E-state index contributed by atoms with van der Waals surface area (Å²) < 4.78 is 26.0. The lowest BCUT2D eigenvalue weighted by Crippen LogP contribution is -2.60. The molecule has 30 heavy (non-hydrogen) atoms. The molecule has 1 saturated heterocycles. The smallest absolute Gasteiger partial charge is 0.337 e. The van der Waals surface area contributed by atoms with Gasteiger partial charge in [0.1, 0.15) is 24.4 Å².